The van der Waals surface area contributed by atoms with Crippen LogP contribution in [0.15, 0.2) is 41.8 Å². The number of esters is 1. The summed E-state index contributed by atoms with van der Waals surface area (Å²) in [4.78, 5) is 26.2. The van der Waals surface area contributed by atoms with Crippen LogP contribution in [0.25, 0.3) is 10.4 Å². The first-order chi connectivity index (χ1) is 13.6. The lowest BCUT2D eigenvalue weighted by molar-refractivity contribution is -0.123. The van der Waals surface area contributed by atoms with Crippen LogP contribution < -0.4 is 10.1 Å². The van der Waals surface area contributed by atoms with Crippen LogP contribution in [-0.4, -0.2) is 18.0 Å². The van der Waals surface area contributed by atoms with E-state index < -0.39 is 18.0 Å². The largest absolute Gasteiger partial charge is 0.488 e. The number of benzene rings is 1. The summed E-state index contributed by atoms with van der Waals surface area (Å²) in [5.41, 5.74) is 2.24. The highest BCUT2D eigenvalue weighted by Crippen LogP contribution is 2.42. The maximum Gasteiger partial charge on any atom is 0.349 e. The van der Waals surface area contributed by atoms with Crippen molar-refractivity contribution in [1.29, 1.82) is 5.26 Å². The molecule has 8 heteroatoms. The molecule has 0 saturated heterocycles. The number of amides is 1. The molecule has 0 fully saturated rings. The topological polar surface area (TPSA) is 88.4 Å². The molecule has 2 aromatic heterocycles. The summed E-state index contributed by atoms with van der Waals surface area (Å²) in [6.45, 7) is 1.89. The van der Waals surface area contributed by atoms with Crippen molar-refractivity contribution < 1.29 is 19.1 Å². The number of rotatable bonds is 4. The van der Waals surface area contributed by atoms with E-state index in [-0.39, 0.29) is 0 Å². The number of carbonyl (C=O) groups excluding carboxylic acids is 2. The van der Waals surface area contributed by atoms with Gasteiger partial charge in [-0.25, -0.2) is 4.79 Å². The van der Waals surface area contributed by atoms with Gasteiger partial charge in [-0.3, -0.25) is 4.79 Å². The standard InChI is InChI=1S/C20H14N2O4S2/c1-11(18(23)22-19-12(9-21)6-7-27-19)26-20(24)16-8-13-10-25-15-5-3-2-4-14(15)17(13)28-16/h2-8,11H,10H2,1H3,(H,22,23)/t11-/m0/s1. The van der Waals surface area contributed by atoms with Crippen LogP contribution >= 0.6 is 22.7 Å². The van der Waals surface area contributed by atoms with E-state index in [1.165, 1.54) is 29.6 Å². The molecular formula is C20H14N2O4S2. The number of nitrogens with one attached hydrogen (secondary N) is 1. The number of fused-ring (bicyclic) bond motifs is 3. The zero-order valence-corrected chi connectivity index (χ0v) is 16.4. The molecule has 0 radical (unpaired) electrons. The van der Waals surface area contributed by atoms with Gasteiger partial charge in [-0.15, -0.1) is 22.7 Å². The van der Waals surface area contributed by atoms with E-state index in [0.29, 0.717) is 22.0 Å². The lowest BCUT2D eigenvalue weighted by Gasteiger charge is -2.16. The molecule has 0 aliphatic carbocycles. The highest BCUT2D eigenvalue weighted by Gasteiger charge is 2.25. The molecule has 0 unspecified atom stereocenters. The van der Waals surface area contributed by atoms with Gasteiger partial charge in [0.2, 0.25) is 0 Å². The molecule has 6 nitrogen and oxygen atoms in total. The van der Waals surface area contributed by atoms with E-state index in [1.807, 2.05) is 30.3 Å². The Morgan fingerprint density at radius 2 is 2.14 bits per heavy atom. The van der Waals surface area contributed by atoms with Gasteiger partial charge in [0.15, 0.2) is 6.10 Å². The van der Waals surface area contributed by atoms with Crippen molar-refractivity contribution in [2.24, 2.45) is 0 Å². The quantitative estimate of drug-likeness (QED) is 0.643. The number of carbonyl (C=O) groups is 2. The Balaban J connectivity index is 1.47. The summed E-state index contributed by atoms with van der Waals surface area (Å²) >= 11 is 2.56. The second-order valence-electron chi connectivity index (χ2n) is 6.06. The number of hydrogen-bond acceptors (Lipinski definition) is 7. The predicted octanol–water partition coefficient (Wildman–Crippen LogP) is 4.42. The van der Waals surface area contributed by atoms with Crippen molar-refractivity contribution >= 4 is 39.6 Å². The van der Waals surface area contributed by atoms with E-state index in [1.54, 1.807) is 17.5 Å². The summed E-state index contributed by atoms with van der Waals surface area (Å²) in [5.74, 6) is -0.262. The minimum absolute atomic E-state index is 0.376. The summed E-state index contributed by atoms with van der Waals surface area (Å²) in [7, 11) is 0. The summed E-state index contributed by atoms with van der Waals surface area (Å²) in [6, 6.07) is 13.0. The fourth-order valence-corrected chi connectivity index (χ4v) is 4.60. The molecule has 1 aliphatic heterocycles. The first-order valence-electron chi connectivity index (χ1n) is 8.41. The lowest BCUT2D eigenvalue weighted by atomic mass is 10.1. The third kappa shape index (κ3) is 3.38. The number of nitriles is 1. The van der Waals surface area contributed by atoms with Gasteiger partial charge < -0.3 is 14.8 Å². The summed E-state index contributed by atoms with van der Waals surface area (Å²) < 4.78 is 11.0. The van der Waals surface area contributed by atoms with Gasteiger partial charge >= 0.3 is 5.97 Å². The van der Waals surface area contributed by atoms with E-state index >= 15 is 0 Å². The maximum atomic E-state index is 12.5. The van der Waals surface area contributed by atoms with Crippen LogP contribution in [0.2, 0.25) is 0 Å². The molecule has 0 bridgehead atoms. The Kier molecular flexibility index (Phi) is 4.86. The van der Waals surface area contributed by atoms with Crippen molar-refractivity contribution in [3.63, 3.8) is 0 Å². The molecule has 1 aliphatic rings. The van der Waals surface area contributed by atoms with Gasteiger partial charge in [-0.2, -0.15) is 5.26 Å². The molecule has 3 aromatic rings. The van der Waals surface area contributed by atoms with Gasteiger partial charge in [0.1, 0.15) is 28.3 Å². The highest BCUT2D eigenvalue weighted by molar-refractivity contribution is 7.17. The number of nitrogens with zero attached hydrogens (tertiary/aromatic N) is 1. The molecule has 0 spiro atoms. The number of thiophene rings is 2. The third-order valence-electron chi connectivity index (χ3n) is 4.20. The van der Waals surface area contributed by atoms with Crippen molar-refractivity contribution in [2.75, 3.05) is 5.32 Å². The maximum absolute atomic E-state index is 12.5. The van der Waals surface area contributed by atoms with Gasteiger partial charge in [0.05, 0.1) is 5.56 Å². The van der Waals surface area contributed by atoms with Crippen molar-refractivity contribution in [2.45, 2.75) is 19.6 Å². The Hall–Kier alpha value is -3.15. The number of hydrogen-bond donors (Lipinski definition) is 1. The molecule has 140 valence electrons. The van der Waals surface area contributed by atoms with E-state index in [9.17, 15) is 9.59 Å². The van der Waals surface area contributed by atoms with E-state index in [0.717, 1.165) is 21.8 Å². The van der Waals surface area contributed by atoms with Gasteiger partial charge in [-0.1, -0.05) is 12.1 Å². The van der Waals surface area contributed by atoms with Crippen LogP contribution in [0.5, 0.6) is 5.75 Å². The molecule has 1 N–H and O–H groups in total. The van der Waals surface area contributed by atoms with Crippen molar-refractivity contribution in [3.05, 3.63) is 57.8 Å². The summed E-state index contributed by atoms with van der Waals surface area (Å²) in [6.07, 6.45) is -0.996. The van der Waals surface area contributed by atoms with Crippen LogP contribution in [-0.2, 0) is 16.1 Å². The Labute approximate surface area is 169 Å². The number of anilines is 1. The fourth-order valence-electron chi connectivity index (χ4n) is 2.78. The molecule has 1 amide bonds. The minimum Gasteiger partial charge on any atom is -0.488 e. The van der Waals surface area contributed by atoms with Gasteiger partial charge in [0, 0.05) is 16.0 Å². The second kappa shape index (κ2) is 7.46. The van der Waals surface area contributed by atoms with Crippen LogP contribution in [0.1, 0.15) is 27.7 Å². The zero-order chi connectivity index (χ0) is 19.7. The second-order valence-corrected chi connectivity index (χ2v) is 8.03. The van der Waals surface area contributed by atoms with Crippen LogP contribution in [0.3, 0.4) is 0 Å². The lowest BCUT2D eigenvalue weighted by Crippen LogP contribution is -2.29. The number of para-hydroxylation sites is 1. The van der Waals surface area contributed by atoms with Crippen molar-refractivity contribution in [1.82, 2.24) is 0 Å². The predicted molar refractivity (Wildman–Crippen MR) is 107 cm³/mol. The van der Waals surface area contributed by atoms with Crippen LogP contribution in [0, 0.1) is 11.3 Å². The first kappa shape index (κ1) is 18.2. The average Bonchev–Trinajstić information content (AvgIpc) is 3.34. The van der Waals surface area contributed by atoms with Crippen molar-refractivity contribution in [3.8, 4) is 22.3 Å². The molecule has 1 aromatic carbocycles. The third-order valence-corrected chi connectivity index (χ3v) is 6.22. The highest BCUT2D eigenvalue weighted by atomic mass is 32.1. The summed E-state index contributed by atoms with van der Waals surface area (Å²) in [5, 5.41) is 13.8. The minimum atomic E-state index is -0.996. The molecular weight excluding hydrogens is 396 g/mol. The van der Waals surface area contributed by atoms with Gasteiger partial charge in [0.25, 0.3) is 5.91 Å². The monoisotopic (exact) mass is 410 g/mol. The first-order valence-corrected chi connectivity index (χ1v) is 10.1. The fraction of sp³-hybridized carbons (Fsp3) is 0.150. The molecule has 0 saturated carbocycles. The van der Waals surface area contributed by atoms with E-state index in [4.69, 9.17) is 14.7 Å². The molecule has 4 rings (SSSR count). The van der Waals surface area contributed by atoms with Gasteiger partial charge in [-0.05, 0) is 36.6 Å². The Morgan fingerprint density at radius 3 is 2.96 bits per heavy atom. The smallest absolute Gasteiger partial charge is 0.349 e. The molecule has 3 heterocycles. The SMILES string of the molecule is C[C@H](OC(=O)c1cc2c(s1)-c1ccccc1OC2)C(=O)Nc1sccc1C#N. The normalized spacial score (nSPS) is 12.7. The molecule has 28 heavy (non-hydrogen) atoms. The van der Waals surface area contributed by atoms with E-state index in [2.05, 4.69) is 5.32 Å². The zero-order valence-electron chi connectivity index (χ0n) is 14.7. The molecule has 1 atom stereocenters. The average molecular weight is 410 g/mol. The Bertz CT molecular complexity index is 1110. The number of ether oxygens (including phenoxy) is 2. The Morgan fingerprint density at radius 1 is 1.32 bits per heavy atom. The van der Waals surface area contributed by atoms with Crippen LogP contribution in [0.4, 0.5) is 5.00 Å².